The molecule has 0 aliphatic carbocycles. The van der Waals surface area contributed by atoms with Crippen molar-refractivity contribution in [1.29, 1.82) is 0 Å². The Balaban J connectivity index is 1.58. The Kier molecular flexibility index (Phi) is 7.32. The molecule has 1 N–H and O–H groups in total. The maximum Gasteiger partial charge on any atom is 0.243 e. The number of nitrogens with zero attached hydrogens (tertiary/aromatic N) is 5. The Labute approximate surface area is 175 Å². The highest BCUT2D eigenvalue weighted by molar-refractivity contribution is 6.30. The molecule has 0 saturated heterocycles. The summed E-state index contributed by atoms with van der Waals surface area (Å²) in [6.45, 7) is 7.63. The van der Waals surface area contributed by atoms with E-state index in [4.69, 9.17) is 11.6 Å². The van der Waals surface area contributed by atoms with Gasteiger partial charge in [0.25, 0.3) is 0 Å². The van der Waals surface area contributed by atoms with E-state index in [1.165, 1.54) is 10.4 Å². The van der Waals surface area contributed by atoms with Crippen molar-refractivity contribution in [3.05, 3.63) is 64.7 Å². The lowest BCUT2D eigenvalue weighted by Crippen LogP contribution is -2.29. The molecule has 29 heavy (non-hydrogen) atoms. The van der Waals surface area contributed by atoms with Crippen LogP contribution in [-0.2, 0) is 24.4 Å². The van der Waals surface area contributed by atoms with Crippen LogP contribution in [0, 0.1) is 0 Å². The second kappa shape index (κ2) is 10.1. The maximum atomic E-state index is 12.4. The van der Waals surface area contributed by atoms with Crippen LogP contribution >= 0.6 is 11.6 Å². The van der Waals surface area contributed by atoms with Gasteiger partial charge in [-0.05, 0) is 53.7 Å². The number of amides is 1. The van der Waals surface area contributed by atoms with Crippen LogP contribution in [0.15, 0.2) is 48.5 Å². The SMILES string of the molecule is CCN(CC)Cc1ccccc1CNC(=O)Cn1nnc(-c2ccc(Cl)cc2)n1. The molecule has 3 aromatic rings. The Bertz CT molecular complexity index is 936. The molecule has 8 heteroatoms. The van der Waals surface area contributed by atoms with E-state index in [0.717, 1.165) is 30.8 Å². The monoisotopic (exact) mass is 412 g/mol. The highest BCUT2D eigenvalue weighted by atomic mass is 35.5. The van der Waals surface area contributed by atoms with Crippen LogP contribution in [0.25, 0.3) is 11.4 Å². The van der Waals surface area contributed by atoms with Gasteiger partial charge in [0.05, 0.1) is 0 Å². The number of carbonyl (C=O) groups excluding carboxylic acids is 1. The molecule has 0 radical (unpaired) electrons. The lowest BCUT2D eigenvalue weighted by molar-refractivity contribution is -0.122. The standard InChI is InChI=1S/C21H25ClN6O/c1-3-27(4-2)14-18-8-6-5-7-17(18)13-23-20(29)15-28-25-21(24-26-28)16-9-11-19(22)12-10-16/h5-12H,3-4,13-15H2,1-2H3,(H,23,29). The molecule has 0 spiro atoms. The Morgan fingerprint density at radius 1 is 1.07 bits per heavy atom. The summed E-state index contributed by atoms with van der Waals surface area (Å²) < 4.78 is 0. The van der Waals surface area contributed by atoms with Crippen molar-refractivity contribution in [3.8, 4) is 11.4 Å². The smallest absolute Gasteiger partial charge is 0.243 e. The summed E-state index contributed by atoms with van der Waals surface area (Å²) in [5.41, 5.74) is 3.13. The van der Waals surface area contributed by atoms with Crippen LogP contribution in [0.4, 0.5) is 0 Å². The van der Waals surface area contributed by atoms with Crippen molar-refractivity contribution in [1.82, 2.24) is 30.4 Å². The molecule has 0 fully saturated rings. The predicted molar refractivity (Wildman–Crippen MR) is 113 cm³/mol. The molecule has 0 aliphatic rings. The van der Waals surface area contributed by atoms with E-state index < -0.39 is 0 Å². The number of hydrogen-bond acceptors (Lipinski definition) is 5. The summed E-state index contributed by atoms with van der Waals surface area (Å²) in [5.74, 6) is 0.293. The quantitative estimate of drug-likeness (QED) is 0.584. The first-order valence-corrected chi connectivity index (χ1v) is 10.1. The molecule has 1 heterocycles. The van der Waals surface area contributed by atoms with Gasteiger partial charge in [0.15, 0.2) is 0 Å². The minimum absolute atomic E-state index is 0.0127. The van der Waals surface area contributed by atoms with Crippen LogP contribution in [0.5, 0.6) is 0 Å². The molecule has 7 nitrogen and oxygen atoms in total. The normalized spacial score (nSPS) is 11.0. The van der Waals surface area contributed by atoms with Crippen molar-refractivity contribution in [2.45, 2.75) is 33.5 Å². The van der Waals surface area contributed by atoms with E-state index >= 15 is 0 Å². The van der Waals surface area contributed by atoms with Gasteiger partial charge in [-0.1, -0.05) is 49.7 Å². The molecule has 0 aliphatic heterocycles. The van der Waals surface area contributed by atoms with Crippen molar-refractivity contribution in [2.24, 2.45) is 0 Å². The minimum Gasteiger partial charge on any atom is -0.350 e. The predicted octanol–water partition coefficient (Wildman–Crippen LogP) is 3.15. The van der Waals surface area contributed by atoms with Gasteiger partial charge in [0, 0.05) is 23.7 Å². The second-order valence-corrected chi connectivity index (χ2v) is 7.09. The van der Waals surface area contributed by atoms with Crippen LogP contribution in [0.1, 0.15) is 25.0 Å². The molecule has 0 bridgehead atoms. The van der Waals surface area contributed by atoms with Gasteiger partial charge in [0.1, 0.15) is 6.54 Å². The van der Waals surface area contributed by atoms with E-state index in [1.807, 2.05) is 30.3 Å². The van der Waals surface area contributed by atoms with E-state index in [2.05, 4.69) is 45.5 Å². The summed E-state index contributed by atoms with van der Waals surface area (Å²) in [7, 11) is 0. The van der Waals surface area contributed by atoms with E-state index in [1.54, 1.807) is 12.1 Å². The van der Waals surface area contributed by atoms with Gasteiger partial charge in [-0.3, -0.25) is 9.69 Å². The lowest BCUT2D eigenvalue weighted by Gasteiger charge is -2.20. The van der Waals surface area contributed by atoms with Crippen molar-refractivity contribution < 1.29 is 4.79 Å². The van der Waals surface area contributed by atoms with E-state index in [0.29, 0.717) is 17.4 Å². The summed E-state index contributed by atoms with van der Waals surface area (Å²) in [4.78, 5) is 16.0. The maximum absolute atomic E-state index is 12.4. The average Bonchev–Trinajstić information content (AvgIpc) is 3.20. The van der Waals surface area contributed by atoms with Crippen LogP contribution < -0.4 is 5.32 Å². The molecule has 0 unspecified atom stereocenters. The third-order valence-electron chi connectivity index (χ3n) is 4.72. The number of aromatic nitrogens is 4. The van der Waals surface area contributed by atoms with Gasteiger partial charge >= 0.3 is 0 Å². The zero-order valence-corrected chi connectivity index (χ0v) is 17.4. The minimum atomic E-state index is -0.164. The highest BCUT2D eigenvalue weighted by Crippen LogP contribution is 2.17. The van der Waals surface area contributed by atoms with Crippen molar-refractivity contribution in [2.75, 3.05) is 13.1 Å². The van der Waals surface area contributed by atoms with Crippen LogP contribution in [0.2, 0.25) is 5.02 Å². The van der Waals surface area contributed by atoms with E-state index in [-0.39, 0.29) is 12.5 Å². The number of hydrogen-bond donors (Lipinski definition) is 1. The first kappa shape index (κ1) is 21.0. The third-order valence-corrected chi connectivity index (χ3v) is 4.98. The fraction of sp³-hybridized carbons (Fsp3) is 0.333. The van der Waals surface area contributed by atoms with Crippen LogP contribution in [-0.4, -0.2) is 44.1 Å². The Morgan fingerprint density at radius 3 is 2.45 bits per heavy atom. The van der Waals surface area contributed by atoms with Crippen molar-refractivity contribution >= 4 is 17.5 Å². The summed E-state index contributed by atoms with van der Waals surface area (Å²) in [5, 5.41) is 15.8. The Morgan fingerprint density at radius 2 is 1.76 bits per heavy atom. The number of nitrogens with one attached hydrogen (secondary N) is 1. The molecule has 0 atom stereocenters. The number of rotatable bonds is 9. The van der Waals surface area contributed by atoms with Gasteiger partial charge in [-0.25, -0.2) is 0 Å². The molecule has 152 valence electrons. The Hall–Kier alpha value is -2.77. The van der Waals surface area contributed by atoms with E-state index in [9.17, 15) is 4.79 Å². The summed E-state index contributed by atoms with van der Waals surface area (Å²) >= 11 is 5.90. The fourth-order valence-electron chi connectivity index (χ4n) is 2.98. The molecule has 2 aromatic carbocycles. The zero-order valence-electron chi connectivity index (χ0n) is 16.7. The van der Waals surface area contributed by atoms with Crippen molar-refractivity contribution in [3.63, 3.8) is 0 Å². The number of halogens is 1. The fourth-order valence-corrected chi connectivity index (χ4v) is 3.10. The first-order valence-electron chi connectivity index (χ1n) is 9.68. The first-order chi connectivity index (χ1) is 14.1. The molecule has 3 rings (SSSR count). The molecule has 0 saturated carbocycles. The lowest BCUT2D eigenvalue weighted by atomic mass is 10.1. The molecular weight excluding hydrogens is 388 g/mol. The number of benzene rings is 2. The average molecular weight is 413 g/mol. The zero-order chi connectivity index (χ0) is 20.6. The third kappa shape index (κ3) is 5.85. The molecule has 1 aromatic heterocycles. The topological polar surface area (TPSA) is 75.9 Å². The summed E-state index contributed by atoms with van der Waals surface area (Å²) in [6, 6.07) is 15.3. The number of carbonyl (C=O) groups is 1. The molecular formula is C21H25ClN6O. The van der Waals surface area contributed by atoms with Gasteiger partial charge in [-0.2, -0.15) is 4.80 Å². The van der Waals surface area contributed by atoms with Crippen LogP contribution in [0.3, 0.4) is 0 Å². The number of tetrazole rings is 1. The van der Waals surface area contributed by atoms with Gasteiger partial charge in [-0.15, -0.1) is 10.2 Å². The largest absolute Gasteiger partial charge is 0.350 e. The second-order valence-electron chi connectivity index (χ2n) is 6.66. The van der Waals surface area contributed by atoms with Gasteiger partial charge < -0.3 is 5.32 Å². The summed E-state index contributed by atoms with van der Waals surface area (Å²) in [6.07, 6.45) is 0. The highest BCUT2D eigenvalue weighted by Gasteiger charge is 2.11. The molecule has 1 amide bonds. The van der Waals surface area contributed by atoms with Gasteiger partial charge in [0.2, 0.25) is 11.7 Å².